The number of rotatable bonds is 2. The Balaban J connectivity index is 3.38. The molecule has 0 bridgehead atoms. The molecule has 0 radical (unpaired) electrons. The second kappa shape index (κ2) is 3.26. The van der Waals surface area contributed by atoms with Gasteiger partial charge in [0.15, 0.2) is 5.82 Å². The van der Waals surface area contributed by atoms with Crippen molar-refractivity contribution in [1.29, 1.82) is 0 Å². The molecule has 0 spiro atoms. The third kappa shape index (κ3) is 1.66. The molecular weight excluding hydrogens is 179 g/mol. The highest BCUT2D eigenvalue weighted by molar-refractivity contribution is 5.57. The van der Waals surface area contributed by atoms with Gasteiger partial charge in [-0.25, -0.2) is 4.39 Å². The van der Waals surface area contributed by atoms with E-state index in [2.05, 4.69) is 4.74 Å². The SMILES string of the molecule is COc1c(F)cc(N)cc1[N+](=O)[O-]. The highest BCUT2D eigenvalue weighted by Gasteiger charge is 2.19. The summed E-state index contributed by atoms with van der Waals surface area (Å²) in [5.41, 5.74) is 4.74. The highest BCUT2D eigenvalue weighted by Crippen LogP contribution is 2.31. The van der Waals surface area contributed by atoms with Crippen LogP contribution in [-0.2, 0) is 0 Å². The molecule has 0 saturated carbocycles. The van der Waals surface area contributed by atoms with Gasteiger partial charge in [0.1, 0.15) is 0 Å². The van der Waals surface area contributed by atoms with E-state index in [0.29, 0.717) is 0 Å². The number of nitro benzene ring substituents is 1. The second-order valence-corrected chi connectivity index (χ2v) is 2.31. The zero-order valence-electron chi connectivity index (χ0n) is 6.78. The molecule has 0 aliphatic heterocycles. The van der Waals surface area contributed by atoms with Gasteiger partial charge < -0.3 is 10.5 Å². The topological polar surface area (TPSA) is 78.4 Å². The highest BCUT2D eigenvalue weighted by atomic mass is 19.1. The first-order valence-electron chi connectivity index (χ1n) is 3.33. The van der Waals surface area contributed by atoms with E-state index in [-0.39, 0.29) is 5.69 Å². The van der Waals surface area contributed by atoms with Crippen LogP contribution in [0, 0.1) is 15.9 Å². The van der Waals surface area contributed by atoms with Gasteiger partial charge in [0.05, 0.1) is 12.0 Å². The van der Waals surface area contributed by atoms with Crippen LogP contribution in [-0.4, -0.2) is 12.0 Å². The first kappa shape index (κ1) is 9.24. The average molecular weight is 186 g/mol. The summed E-state index contributed by atoms with van der Waals surface area (Å²) >= 11 is 0. The number of hydrogen-bond acceptors (Lipinski definition) is 4. The maximum atomic E-state index is 13.0. The largest absolute Gasteiger partial charge is 0.488 e. The van der Waals surface area contributed by atoms with Gasteiger partial charge >= 0.3 is 5.69 Å². The molecular formula is C7H7FN2O3. The fraction of sp³-hybridized carbons (Fsp3) is 0.143. The number of anilines is 1. The number of halogens is 1. The number of nitrogen functional groups attached to an aromatic ring is 1. The fourth-order valence-electron chi connectivity index (χ4n) is 0.937. The lowest BCUT2D eigenvalue weighted by molar-refractivity contribution is -0.385. The van der Waals surface area contributed by atoms with Gasteiger partial charge in [-0.05, 0) is 0 Å². The molecule has 0 fully saturated rings. The van der Waals surface area contributed by atoms with Crippen molar-refractivity contribution in [3.8, 4) is 5.75 Å². The van der Waals surface area contributed by atoms with Gasteiger partial charge in [-0.3, -0.25) is 10.1 Å². The predicted octanol–water partition coefficient (Wildman–Crippen LogP) is 1.32. The zero-order chi connectivity index (χ0) is 10.0. The Morgan fingerprint density at radius 2 is 2.23 bits per heavy atom. The molecule has 0 atom stereocenters. The molecule has 0 aliphatic rings. The lowest BCUT2D eigenvalue weighted by atomic mass is 10.2. The average Bonchev–Trinajstić information content (AvgIpc) is 2.02. The Labute approximate surface area is 73.1 Å². The van der Waals surface area contributed by atoms with Crippen molar-refractivity contribution in [2.45, 2.75) is 0 Å². The van der Waals surface area contributed by atoms with Gasteiger partial charge in [0.2, 0.25) is 5.75 Å². The van der Waals surface area contributed by atoms with Crippen LogP contribution in [0.15, 0.2) is 12.1 Å². The molecule has 6 heteroatoms. The van der Waals surface area contributed by atoms with Crippen molar-refractivity contribution in [3.05, 3.63) is 28.1 Å². The third-order valence-electron chi connectivity index (χ3n) is 1.45. The summed E-state index contributed by atoms with van der Waals surface area (Å²) in [4.78, 5) is 9.64. The minimum Gasteiger partial charge on any atom is -0.488 e. The van der Waals surface area contributed by atoms with Crippen LogP contribution in [0.3, 0.4) is 0 Å². The third-order valence-corrected chi connectivity index (χ3v) is 1.45. The van der Waals surface area contributed by atoms with E-state index in [1.807, 2.05) is 0 Å². The predicted molar refractivity (Wildman–Crippen MR) is 44.0 cm³/mol. The quantitative estimate of drug-likeness (QED) is 0.429. The minimum absolute atomic E-state index is 0.00926. The van der Waals surface area contributed by atoms with Gasteiger partial charge in [0, 0.05) is 17.8 Å². The number of nitrogens with zero attached hydrogens (tertiary/aromatic N) is 1. The molecule has 1 aromatic carbocycles. The Morgan fingerprint density at radius 1 is 1.62 bits per heavy atom. The van der Waals surface area contributed by atoms with Crippen LogP contribution in [0.5, 0.6) is 5.75 Å². The van der Waals surface area contributed by atoms with Crippen molar-refractivity contribution < 1.29 is 14.1 Å². The Bertz CT molecular complexity index is 354. The van der Waals surface area contributed by atoms with Gasteiger partial charge in [0.25, 0.3) is 0 Å². The normalized spacial score (nSPS) is 9.69. The van der Waals surface area contributed by atoms with E-state index in [4.69, 9.17) is 5.73 Å². The monoisotopic (exact) mass is 186 g/mol. The summed E-state index contributed by atoms with van der Waals surface area (Å²) < 4.78 is 17.5. The van der Waals surface area contributed by atoms with E-state index < -0.39 is 22.2 Å². The molecule has 0 saturated heterocycles. The number of nitro groups is 1. The first-order valence-corrected chi connectivity index (χ1v) is 3.33. The zero-order valence-corrected chi connectivity index (χ0v) is 6.78. The summed E-state index contributed by atoms with van der Waals surface area (Å²) in [5.74, 6) is -1.24. The molecule has 0 aromatic heterocycles. The lowest BCUT2D eigenvalue weighted by Crippen LogP contribution is -1.98. The molecule has 0 heterocycles. The van der Waals surface area contributed by atoms with Crippen LogP contribution in [0.1, 0.15) is 0 Å². The van der Waals surface area contributed by atoms with E-state index in [1.165, 1.54) is 0 Å². The maximum Gasteiger partial charge on any atom is 0.316 e. The fourth-order valence-corrected chi connectivity index (χ4v) is 0.937. The summed E-state index contributed by atoms with van der Waals surface area (Å²) in [5, 5.41) is 10.4. The van der Waals surface area contributed by atoms with Crippen LogP contribution < -0.4 is 10.5 Å². The second-order valence-electron chi connectivity index (χ2n) is 2.31. The number of methoxy groups -OCH3 is 1. The van der Waals surface area contributed by atoms with E-state index in [0.717, 1.165) is 19.2 Å². The molecule has 0 amide bonds. The number of hydrogen-bond donors (Lipinski definition) is 1. The number of benzene rings is 1. The molecule has 0 aliphatic carbocycles. The van der Waals surface area contributed by atoms with Crippen LogP contribution in [0.25, 0.3) is 0 Å². The van der Waals surface area contributed by atoms with Crippen molar-refractivity contribution in [3.63, 3.8) is 0 Å². The van der Waals surface area contributed by atoms with Crippen molar-refractivity contribution in [2.24, 2.45) is 0 Å². The number of ether oxygens (including phenoxy) is 1. The Hall–Kier alpha value is -1.85. The van der Waals surface area contributed by atoms with Gasteiger partial charge in [-0.1, -0.05) is 0 Å². The van der Waals surface area contributed by atoms with Gasteiger partial charge in [-0.2, -0.15) is 0 Å². The first-order chi connectivity index (χ1) is 6.06. The van der Waals surface area contributed by atoms with Crippen molar-refractivity contribution >= 4 is 11.4 Å². The van der Waals surface area contributed by atoms with E-state index >= 15 is 0 Å². The molecule has 70 valence electrons. The van der Waals surface area contributed by atoms with Crippen LogP contribution >= 0.6 is 0 Å². The molecule has 1 aromatic rings. The maximum absolute atomic E-state index is 13.0. The van der Waals surface area contributed by atoms with Crippen LogP contribution in [0.2, 0.25) is 0 Å². The smallest absolute Gasteiger partial charge is 0.316 e. The minimum atomic E-state index is -0.839. The van der Waals surface area contributed by atoms with Crippen LogP contribution in [0.4, 0.5) is 15.8 Å². The van der Waals surface area contributed by atoms with E-state index in [9.17, 15) is 14.5 Å². The summed E-state index contributed by atoms with van der Waals surface area (Å²) in [7, 11) is 1.15. The molecule has 2 N–H and O–H groups in total. The Morgan fingerprint density at radius 3 is 2.69 bits per heavy atom. The molecule has 0 unspecified atom stereocenters. The van der Waals surface area contributed by atoms with E-state index in [1.54, 1.807) is 0 Å². The molecule has 5 nitrogen and oxygen atoms in total. The summed E-state index contributed by atoms with van der Waals surface area (Å²) in [6.07, 6.45) is 0. The molecule has 13 heavy (non-hydrogen) atoms. The summed E-state index contributed by atoms with van der Waals surface area (Å²) in [6, 6.07) is 2.01. The Kier molecular flexibility index (Phi) is 2.32. The van der Waals surface area contributed by atoms with Crippen molar-refractivity contribution in [1.82, 2.24) is 0 Å². The number of nitrogens with two attached hydrogens (primary N) is 1. The standard InChI is InChI=1S/C7H7FN2O3/c1-13-7-5(8)2-4(9)3-6(7)10(11)12/h2-3H,9H2,1H3. The van der Waals surface area contributed by atoms with Gasteiger partial charge in [-0.15, -0.1) is 0 Å². The lowest BCUT2D eigenvalue weighted by Gasteiger charge is -2.03. The summed E-state index contributed by atoms with van der Waals surface area (Å²) in [6.45, 7) is 0. The van der Waals surface area contributed by atoms with Crippen molar-refractivity contribution in [2.75, 3.05) is 12.8 Å². The molecule has 1 rings (SSSR count).